The molecule has 0 spiro atoms. The van der Waals surface area contributed by atoms with Gasteiger partial charge in [0.1, 0.15) is 0 Å². The molecule has 0 aromatic rings. The zero-order valence-corrected chi connectivity index (χ0v) is 46.8. The largest absolute Gasteiger partial charge is 0.466 e. The SMILES string of the molecule is CCCCCCCC/C=C\CCCCCCCC(=O)OCCCCCCCCCCCCCCCC(=O)NC(CO)C(O)CCCCCCCCCCCCCCCCCCCCCCCCCC. The van der Waals surface area contributed by atoms with Gasteiger partial charge in [-0.15, -0.1) is 0 Å². The Balaban J connectivity index is 3.43. The highest BCUT2D eigenvalue weighted by molar-refractivity contribution is 5.76. The highest BCUT2D eigenvalue weighted by atomic mass is 16.5. The quantitative estimate of drug-likeness (QED) is 0.0321. The van der Waals surface area contributed by atoms with Crippen LogP contribution in [0.1, 0.15) is 354 Å². The lowest BCUT2D eigenvalue weighted by atomic mass is 10.0. The molecule has 0 fully saturated rings. The number of esters is 1. The van der Waals surface area contributed by atoms with Gasteiger partial charge in [0.2, 0.25) is 5.91 Å². The minimum atomic E-state index is -0.674. The Morgan fingerprint density at radius 2 is 0.681 bits per heavy atom. The van der Waals surface area contributed by atoms with Gasteiger partial charge in [-0.2, -0.15) is 0 Å². The van der Waals surface area contributed by atoms with Gasteiger partial charge in [-0.1, -0.05) is 302 Å². The summed E-state index contributed by atoms with van der Waals surface area (Å²) in [5.41, 5.74) is 0. The van der Waals surface area contributed by atoms with E-state index in [2.05, 4.69) is 31.3 Å². The molecule has 6 heteroatoms. The molecule has 0 aliphatic heterocycles. The third-order valence-electron chi connectivity index (χ3n) is 14.8. The molecule has 0 aromatic carbocycles. The summed E-state index contributed by atoms with van der Waals surface area (Å²) in [6.45, 7) is 4.95. The van der Waals surface area contributed by atoms with Crippen LogP contribution in [0.15, 0.2) is 12.2 Å². The summed E-state index contributed by atoms with van der Waals surface area (Å²) in [5.74, 6) is -0.0557. The number of unbranched alkanes of at least 4 members (excludes halogenated alkanes) is 46. The molecule has 0 heterocycles. The number of aliphatic hydroxyl groups excluding tert-OH is 2. The third kappa shape index (κ3) is 55.8. The fourth-order valence-corrected chi connectivity index (χ4v) is 9.99. The molecule has 0 aliphatic rings. The van der Waals surface area contributed by atoms with Crippen LogP contribution in [0.4, 0.5) is 0 Å². The fraction of sp³-hybridized carbons (Fsp3) is 0.937. The lowest BCUT2D eigenvalue weighted by Gasteiger charge is -2.22. The van der Waals surface area contributed by atoms with Crippen molar-refractivity contribution >= 4 is 11.9 Å². The van der Waals surface area contributed by atoms with Crippen molar-refractivity contribution in [1.82, 2.24) is 5.32 Å². The number of hydrogen-bond donors (Lipinski definition) is 3. The number of carbonyl (C=O) groups is 2. The zero-order valence-electron chi connectivity index (χ0n) is 46.8. The lowest BCUT2D eigenvalue weighted by molar-refractivity contribution is -0.143. The first kappa shape index (κ1) is 67.6. The number of allylic oxidation sites excluding steroid dienone is 2. The summed E-state index contributed by atoms with van der Waals surface area (Å²) >= 11 is 0. The van der Waals surface area contributed by atoms with Crippen molar-refractivity contribution in [2.24, 2.45) is 0 Å². The van der Waals surface area contributed by atoms with Crippen LogP contribution in [0.25, 0.3) is 0 Å². The standard InChI is InChI=1S/C63H123NO5/c1-3-5-7-9-11-13-15-17-19-20-21-22-23-24-25-26-27-29-31-35-39-43-47-51-55-61(66)60(59-65)64-62(67)56-52-48-44-40-36-32-30-34-38-42-46-50-54-58-69-63(68)57-53-49-45-41-37-33-28-18-16-14-12-10-8-6-4-2/h18,28,60-61,65-66H,3-17,19-27,29-59H2,1-2H3,(H,64,67)/b28-18-. The van der Waals surface area contributed by atoms with Gasteiger partial charge >= 0.3 is 5.97 Å². The van der Waals surface area contributed by atoms with Crippen molar-refractivity contribution in [3.63, 3.8) is 0 Å². The third-order valence-corrected chi connectivity index (χ3v) is 14.8. The maximum atomic E-state index is 12.5. The average Bonchev–Trinajstić information content (AvgIpc) is 3.35. The van der Waals surface area contributed by atoms with Crippen LogP contribution in [0.5, 0.6) is 0 Å². The smallest absolute Gasteiger partial charge is 0.305 e. The van der Waals surface area contributed by atoms with Crippen molar-refractivity contribution in [3.05, 3.63) is 12.2 Å². The monoisotopic (exact) mass is 974 g/mol. The molecule has 410 valence electrons. The Kier molecular flexibility index (Phi) is 58.0. The molecule has 0 aromatic heterocycles. The molecule has 6 nitrogen and oxygen atoms in total. The molecule has 0 bridgehead atoms. The van der Waals surface area contributed by atoms with Crippen molar-refractivity contribution in [2.45, 2.75) is 366 Å². The predicted octanol–water partition coefficient (Wildman–Crippen LogP) is 19.6. The number of ether oxygens (including phenoxy) is 1. The second-order valence-electron chi connectivity index (χ2n) is 21.7. The highest BCUT2D eigenvalue weighted by Crippen LogP contribution is 2.18. The Bertz CT molecular complexity index is 1030. The molecule has 3 N–H and O–H groups in total. The van der Waals surface area contributed by atoms with Crippen molar-refractivity contribution < 1.29 is 24.5 Å². The van der Waals surface area contributed by atoms with Gasteiger partial charge in [0.25, 0.3) is 0 Å². The summed E-state index contributed by atoms with van der Waals surface area (Å²) in [7, 11) is 0. The van der Waals surface area contributed by atoms with E-state index in [1.54, 1.807) is 0 Å². The van der Waals surface area contributed by atoms with E-state index in [-0.39, 0.29) is 18.5 Å². The van der Waals surface area contributed by atoms with Gasteiger partial charge < -0.3 is 20.3 Å². The summed E-state index contributed by atoms with van der Waals surface area (Å²) in [6.07, 6.45) is 70.7. The van der Waals surface area contributed by atoms with Crippen LogP contribution in [0.2, 0.25) is 0 Å². The van der Waals surface area contributed by atoms with E-state index in [0.29, 0.717) is 25.9 Å². The van der Waals surface area contributed by atoms with Gasteiger partial charge in [-0.25, -0.2) is 0 Å². The summed E-state index contributed by atoms with van der Waals surface area (Å²) in [6, 6.07) is -0.552. The van der Waals surface area contributed by atoms with Crippen LogP contribution in [0.3, 0.4) is 0 Å². The molecule has 0 radical (unpaired) electrons. The van der Waals surface area contributed by atoms with Crippen LogP contribution < -0.4 is 5.32 Å². The van der Waals surface area contributed by atoms with Crippen LogP contribution in [0, 0.1) is 0 Å². The van der Waals surface area contributed by atoms with Crippen LogP contribution >= 0.6 is 0 Å². The van der Waals surface area contributed by atoms with Gasteiger partial charge in [-0.3, -0.25) is 9.59 Å². The van der Waals surface area contributed by atoms with Crippen molar-refractivity contribution in [3.8, 4) is 0 Å². The average molecular weight is 975 g/mol. The van der Waals surface area contributed by atoms with Gasteiger partial charge in [0.15, 0.2) is 0 Å². The Hall–Kier alpha value is -1.40. The highest BCUT2D eigenvalue weighted by Gasteiger charge is 2.20. The molecule has 0 rings (SSSR count). The first-order chi connectivity index (χ1) is 34.0. The number of carbonyl (C=O) groups excluding carboxylic acids is 2. The molecule has 2 atom stereocenters. The number of nitrogens with one attached hydrogen (secondary N) is 1. The second kappa shape index (κ2) is 59.2. The van der Waals surface area contributed by atoms with E-state index >= 15 is 0 Å². The molecular weight excluding hydrogens is 851 g/mol. The Morgan fingerprint density at radius 1 is 0.391 bits per heavy atom. The molecule has 0 saturated carbocycles. The van der Waals surface area contributed by atoms with Gasteiger partial charge in [0.05, 0.1) is 25.4 Å². The summed E-state index contributed by atoms with van der Waals surface area (Å²) in [5, 5.41) is 23.4. The Morgan fingerprint density at radius 3 is 1.03 bits per heavy atom. The van der Waals surface area contributed by atoms with E-state index in [1.165, 1.54) is 270 Å². The zero-order chi connectivity index (χ0) is 50.0. The van der Waals surface area contributed by atoms with E-state index in [4.69, 9.17) is 4.74 Å². The number of aliphatic hydroxyl groups is 2. The minimum absolute atomic E-state index is 0.0119. The van der Waals surface area contributed by atoms with E-state index in [9.17, 15) is 19.8 Å². The van der Waals surface area contributed by atoms with E-state index in [0.717, 1.165) is 51.4 Å². The molecule has 1 amide bonds. The van der Waals surface area contributed by atoms with Crippen molar-refractivity contribution in [1.29, 1.82) is 0 Å². The number of hydrogen-bond acceptors (Lipinski definition) is 5. The molecular formula is C63H123NO5. The van der Waals surface area contributed by atoms with Gasteiger partial charge in [-0.05, 0) is 51.4 Å². The number of amides is 1. The van der Waals surface area contributed by atoms with Crippen LogP contribution in [-0.4, -0.2) is 47.4 Å². The van der Waals surface area contributed by atoms with E-state index < -0.39 is 12.1 Å². The number of rotatable bonds is 59. The minimum Gasteiger partial charge on any atom is -0.466 e. The first-order valence-electron chi connectivity index (χ1n) is 31.4. The van der Waals surface area contributed by atoms with Gasteiger partial charge in [0, 0.05) is 12.8 Å². The normalized spacial score (nSPS) is 12.6. The maximum Gasteiger partial charge on any atom is 0.305 e. The second-order valence-corrected chi connectivity index (χ2v) is 21.7. The van der Waals surface area contributed by atoms with Crippen molar-refractivity contribution in [2.75, 3.05) is 13.2 Å². The Labute approximate surface area is 431 Å². The molecule has 0 saturated heterocycles. The topological polar surface area (TPSA) is 95.9 Å². The fourth-order valence-electron chi connectivity index (χ4n) is 9.99. The predicted molar refractivity (Wildman–Crippen MR) is 301 cm³/mol. The molecule has 2 unspecified atom stereocenters. The first-order valence-corrected chi connectivity index (χ1v) is 31.4. The summed E-state index contributed by atoms with van der Waals surface area (Å²) in [4.78, 5) is 24.6. The maximum absolute atomic E-state index is 12.5. The lowest BCUT2D eigenvalue weighted by Crippen LogP contribution is -2.45. The molecule has 69 heavy (non-hydrogen) atoms. The van der Waals surface area contributed by atoms with Crippen LogP contribution in [-0.2, 0) is 14.3 Å². The molecule has 0 aliphatic carbocycles. The summed E-state index contributed by atoms with van der Waals surface area (Å²) < 4.78 is 5.47. The van der Waals surface area contributed by atoms with E-state index in [1.807, 2.05) is 0 Å².